The lowest BCUT2D eigenvalue weighted by Crippen LogP contribution is -2.61. The molecule has 0 aliphatic heterocycles. The number of hydrogen-bond acceptors (Lipinski definition) is 4. The molecule has 110 valence electrons. The fourth-order valence-corrected chi connectivity index (χ4v) is 2.64. The summed E-state index contributed by atoms with van der Waals surface area (Å²) in [7, 11) is 6.11. The number of nitrogens with one attached hydrogen (secondary N) is 1. The summed E-state index contributed by atoms with van der Waals surface area (Å²) in [6, 6.07) is 0.430. The number of aliphatic carboxylic acids is 1. The zero-order valence-corrected chi connectivity index (χ0v) is 12.4. The fraction of sp³-hybridized carbons (Fsp3) is 0.929. The van der Waals surface area contributed by atoms with Gasteiger partial charge < -0.3 is 14.9 Å². The van der Waals surface area contributed by atoms with Crippen LogP contribution in [-0.2, 0) is 4.79 Å². The third-order valence-corrected chi connectivity index (χ3v) is 4.14. The van der Waals surface area contributed by atoms with Crippen LogP contribution in [0.1, 0.15) is 25.7 Å². The second-order valence-electron chi connectivity index (χ2n) is 6.51. The maximum Gasteiger partial charge on any atom is 0.325 e. The van der Waals surface area contributed by atoms with Gasteiger partial charge in [-0.3, -0.25) is 10.1 Å². The fourth-order valence-electron chi connectivity index (χ4n) is 2.64. The molecular weight excluding hydrogens is 242 g/mol. The van der Waals surface area contributed by atoms with E-state index in [9.17, 15) is 9.90 Å². The van der Waals surface area contributed by atoms with Gasteiger partial charge in [-0.05, 0) is 52.7 Å². The quantitative estimate of drug-likeness (QED) is 0.637. The van der Waals surface area contributed by atoms with Crippen molar-refractivity contribution < 1.29 is 9.90 Å². The second-order valence-corrected chi connectivity index (χ2v) is 6.51. The molecule has 0 saturated heterocycles. The summed E-state index contributed by atoms with van der Waals surface area (Å²) in [5.41, 5.74) is -0.720. The largest absolute Gasteiger partial charge is 0.480 e. The Labute approximate surface area is 115 Å². The first kappa shape index (κ1) is 14.8. The maximum atomic E-state index is 11.8. The third-order valence-electron chi connectivity index (χ3n) is 4.14. The first-order valence-corrected chi connectivity index (χ1v) is 7.28. The van der Waals surface area contributed by atoms with Gasteiger partial charge in [0.05, 0.1) is 0 Å². The molecule has 0 aromatic rings. The van der Waals surface area contributed by atoms with Gasteiger partial charge in [0.15, 0.2) is 0 Å². The van der Waals surface area contributed by atoms with Crippen molar-refractivity contribution in [3.8, 4) is 0 Å². The topological polar surface area (TPSA) is 55.8 Å². The lowest BCUT2D eigenvalue weighted by molar-refractivity contribution is -0.147. The van der Waals surface area contributed by atoms with E-state index in [-0.39, 0.29) is 0 Å². The summed E-state index contributed by atoms with van der Waals surface area (Å²) >= 11 is 0. The molecule has 19 heavy (non-hydrogen) atoms. The summed E-state index contributed by atoms with van der Waals surface area (Å²) in [5, 5.41) is 13.2. The van der Waals surface area contributed by atoms with Crippen molar-refractivity contribution in [2.24, 2.45) is 5.92 Å². The van der Waals surface area contributed by atoms with Gasteiger partial charge in [0, 0.05) is 25.7 Å². The van der Waals surface area contributed by atoms with E-state index in [4.69, 9.17) is 0 Å². The van der Waals surface area contributed by atoms with Crippen LogP contribution in [0.3, 0.4) is 0 Å². The Morgan fingerprint density at radius 3 is 2.26 bits per heavy atom. The average Bonchev–Trinajstić information content (AvgIpc) is 3.16. The van der Waals surface area contributed by atoms with Crippen molar-refractivity contribution in [3.63, 3.8) is 0 Å². The van der Waals surface area contributed by atoms with Crippen LogP contribution in [0.15, 0.2) is 0 Å². The van der Waals surface area contributed by atoms with Gasteiger partial charge in [0.1, 0.15) is 5.54 Å². The molecule has 2 N–H and O–H groups in total. The van der Waals surface area contributed by atoms with Gasteiger partial charge in [0.2, 0.25) is 0 Å². The normalized spacial score (nSPS) is 22.8. The van der Waals surface area contributed by atoms with Crippen molar-refractivity contribution in [3.05, 3.63) is 0 Å². The van der Waals surface area contributed by atoms with Gasteiger partial charge in [-0.25, -0.2) is 0 Å². The number of carboxylic acid groups (broad SMARTS) is 1. The van der Waals surface area contributed by atoms with Gasteiger partial charge >= 0.3 is 5.97 Å². The zero-order valence-electron chi connectivity index (χ0n) is 12.4. The Kier molecular flexibility index (Phi) is 4.48. The van der Waals surface area contributed by atoms with E-state index in [2.05, 4.69) is 15.1 Å². The highest BCUT2D eigenvalue weighted by Gasteiger charge is 2.53. The van der Waals surface area contributed by atoms with Crippen LogP contribution in [0.5, 0.6) is 0 Å². The summed E-state index contributed by atoms with van der Waals surface area (Å²) in [6.07, 6.45) is 4.35. The van der Waals surface area contributed by atoms with Crippen molar-refractivity contribution in [1.82, 2.24) is 15.1 Å². The Bertz CT molecular complexity index is 327. The van der Waals surface area contributed by atoms with Gasteiger partial charge in [0.25, 0.3) is 0 Å². The summed E-state index contributed by atoms with van der Waals surface area (Å²) in [5.74, 6) is -0.356. The Morgan fingerprint density at radius 2 is 1.84 bits per heavy atom. The predicted molar refractivity (Wildman–Crippen MR) is 75.3 cm³/mol. The summed E-state index contributed by atoms with van der Waals surface area (Å²) in [4.78, 5) is 16.1. The maximum absolute atomic E-state index is 11.8. The Morgan fingerprint density at radius 1 is 1.21 bits per heavy atom. The van der Waals surface area contributed by atoms with Crippen LogP contribution in [0.2, 0.25) is 0 Å². The molecule has 2 aliphatic rings. The van der Waals surface area contributed by atoms with Crippen LogP contribution >= 0.6 is 0 Å². The minimum Gasteiger partial charge on any atom is -0.480 e. The van der Waals surface area contributed by atoms with Crippen molar-refractivity contribution in [2.75, 3.05) is 40.8 Å². The molecule has 0 aromatic carbocycles. The van der Waals surface area contributed by atoms with Gasteiger partial charge in [-0.2, -0.15) is 0 Å². The Balaban J connectivity index is 1.97. The number of carboxylic acids is 1. The molecule has 1 atom stereocenters. The molecule has 5 nitrogen and oxygen atoms in total. The zero-order chi connectivity index (χ0) is 14.0. The number of nitrogens with zero attached hydrogens (tertiary/aromatic N) is 2. The van der Waals surface area contributed by atoms with Crippen LogP contribution in [0, 0.1) is 5.92 Å². The van der Waals surface area contributed by atoms with Crippen LogP contribution in [-0.4, -0.2) is 73.2 Å². The third kappa shape index (κ3) is 3.91. The highest BCUT2D eigenvalue weighted by atomic mass is 16.4. The molecule has 0 amide bonds. The average molecular weight is 269 g/mol. The van der Waals surface area contributed by atoms with Crippen LogP contribution in [0.4, 0.5) is 0 Å². The van der Waals surface area contributed by atoms with Crippen molar-refractivity contribution in [2.45, 2.75) is 37.3 Å². The molecule has 2 aliphatic carbocycles. The predicted octanol–water partition coefficient (Wildman–Crippen LogP) is 0.465. The summed E-state index contributed by atoms with van der Waals surface area (Å²) < 4.78 is 0. The van der Waals surface area contributed by atoms with Crippen molar-refractivity contribution in [1.29, 1.82) is 0 Å². The van der Waals surface area contributed by atoms with Crippen molar-refractivity contribution >= 4 is 5.97 Å². The summed E-state index contributed by atoms with van der Waals surface area (Å²) in [6.45, 7) is 2.47. The van der Waals surface area contributed by atoms with Gasteiger partial charge in [-0.1, -0.05) is 0 Å². The van der Waals surface area contributed by atoms with Gasteiger partial charge in [-0.15, -0.1) is 0 Å². The number of carbonyl (C=O) groups is 1. The SMILES string of the molecule is CN(C)CCN(C)CC(NC1CC1)(C(=O)O)C1CC1. The highest BCUT2D eigenvalue weighted by molar-refractivity contribution is 5.80. The molecule has 0 bridgehead atoms. The number of rotatable bonds is 9. The first-order valence-electron chi connectivity index (χ1n) is 7.28. The lowest BCUT2D eigenvalue weighted by atomic mass is 9.92. The van der Waals surface area contributed by atoms with E-state index in [0.29, 0.717) is 18.5 Å². The minimum atomic E-state index is -0.720. The smallest absolute Gasteiger partial charge is 0.325 e. The van der Waals surface area contributed by atoms with Crippen LogP contribution in [0.25, 0.3) is 0 Å². The van der Waals surface area contributed by atoms with Crippen LogP contribution < -0.4 is 5.32 Å². The van der Waals surface area contributed by atoms with E-state index < -0.39 is 11.5 Å². The van der Waals surface area contributed by atoms with E-state index in [0.717, 1.165) is 38.8 Å². The number of hydrogen-bond donors (Lipinski definition) is 2. The van der Waals surface area contributed by atoms with E-state index in [1.165, 1.54) is 0 Å². The first-order chi connectivity index (χ1) is 8.94. The number of likely N-dealkylation sites (N-methyl/N-ethyl adjacent to an activating group) is 2. The molecule has 0 radical (unpaired) electrons. The van der Waals surface area contributed by atoms with E-state index in [1.807, 2.05) is 21.1 Å². The van der Waals surface area contributed by atoms with E-state index >= 15 is 0 Å². The molecule has 0 aromatic heterocycles. The Hall–Kier alpha value is -0.650. The molecule has 0 spiro atoms. The highest BCUT2D eigenvalue weighted by Crippen LogP contribution is 2.42. The minimum absolute atomic E-state index is 0.312. The second kappa shape index (κ2) is 5.77. The molecule has 2 rings (SSSR count). The van der Waals surface area contributed by atoms with E-state index in [1.54, 1.807) is 0 Å². The molecular formula is C14H27N3O2. The molecule has 2 fully saturated rings. The molecule has 1 unspecified atom stereocenters. The molecule has 2 saturated carbocycles. The monoisotopic (exact) mass is 269 g/mol. The molecule has 0 heterocycles. The lowest BCUT2D eigenvalue weighted by Gasteiger charge is -2.35. The standard InChI is InChI=1S/C14H27N3O2/c1-16(2)8-9-17(3)10-14(13(18)19,11-4-5-11)15-12-6-7-12/h11-12,15H,4-10H2,1-3H3,(H,18,19). The molecule has 5 heteroatoms.